The van der Waals surface area contributed by atoms with Crippen molar-refractivity contribution in [2.24, 2.45) is 5.73 Å². The Hall–Kier alpha value is -2.28. The number of halogens is 3. The molecular formula is C21H20Cl2FN3O2. The Morgan fingerprint density at radius 2 is 2.14 bits per heavy atom. The fraction of sp³-hybridized carbons (Fsp3) is 0.286. The lowest BCUT2D eigenvalue weighted by Gasteiger charge is -2.19. The Balaban J connectivity index is 1.74. The van der Waals surface area contributed by atoms with Crippen molar-refractivity contribution in [2.75, 3.05) is 5.73 Å². The first-order chi connectivity index (χ1) is 13.9. The molecule has 0 spiro atoms. The van der Waals surface area contributed by atoms with Crippen LogP contribution in [0.25, 0.3) is 16.5 Å². The second-order valence-corrected chi connectivity index (χ2v) is 7.94. The van der Waals surface area contributed by atoms with Crippen molar-refractivity contribution in [1.82, 2.24) is 4.98 Å². The average Bonchev–Trinajstić information content (AvgIpc) is 3.12. The van der Waals surface area contributed by atoms with Crippen molar-refractivity contribution >= 4 is 45.6 Å². The summed E-state index contributed by atoms with van der Waals surface area (Å²) in [5, 5.41) is 0.979. The summed E-state index contributed by atoms with van der Waals surface area (Å²) in [5.74, 6) is -0.159. The SMILES string of the molecule is CC(Oc1c(N)ncc2c(C3=CCCC(N)C3)coc12)c1c(Cl)ccc(F)c1Cl. The van der Waals surface area contributed by atoms with Gasteiger partial charge in [0, 0.05) is 28.4 Å². The Morgan fingerprint density at radius 1 is 1.34 bits per heavy atom. The smallest absolute Gasteiger partial charge is 0.205 e. The van der Waals surface area contributed by atoms with Crippen LogP contribution >= 0.6 is 23.2 Å². The van der Waals surface area contributed by atoms with E-state index in [9.17, 15) is 4.39 Å². The topological polar surface area (TPSA) is 87.3 Å². The van der Waals surface area contributed by atoms with Gasteiger partial charge in [-0.2, -0.15) is 0 Å². The van der Waals surface area contributed by atoms with Gasteiger partial charge in [0.25, 0.3) is 0 Å². The van der Waals surface area contributed by atoms with E-state index in [1.54, 1.807) is 19.4 Å². The van der Waals surface area contributed by atoms with Gasteiger partial charge in [0.1, 0.15) is 11.9 Å². The third-order valence-corrected chi connectivity index (χ3v) is 5.85. The van der Waals surface area contributed by atoms with E-state index >= 15 is 0 Å². The molecule has 2 atom stereocenters. The summed E-state index contributed by atoms with van der Waals surface area (Å²) in [7, 11) is 0. The summed E-state index contributed by atoms with van der Waals surface area (Å²) < 4.78 is 25.7. The molecule has 2 unspecified atom stereocenters. The molecule has 5 nitrogen and oxygen atoms in total. The van der Waals surface area contributed by atoms with Gasteiger partial charge in [-0.15, -0.1) is 0 Å². The van der Waals surface area contributed by atoms with Crippen molar-refractivity contribution in [3.05, 3.63) is 57.7 Å². The molecule has 2 heterocycles. The number of aromatic nitrogens is 1. The molecule has 0 saturated heterocycles. The van der Waals surface area contributed by atoms with Crippen LogP contribution in [0.1, 0.15) is 43.4 Å². The predicted octanol–water partition coefficient (Wildman–Crippen LogP) is 5.89. The van der Waals surface area contributed by atoms with E-state index in [1.165, 1.54) is 12.1 Å². The lowest BCUT2D eigenvalue weighted by Crippen LogP contribution is -2.22. The lowest BCUT2D eigenvalue weighted by atomic mass is 9.91. The van der Waals surface area contributed by atoms with Gasteiger partial charge in [0.05, 0.1) is 16.7 Å². The molecule has 0 aliphatic heterocycles. The van der Waals surface area contributed by atoms with Crippen molar-refractivity contribution in [2.45, 2.75) is 38.3 Å². The predicted molar refractivity (Wildman–Crippen MR) is 114 cm³/mol. The molecule has 0 amide bonds. The van der Waals surface area contributed by atoms with Gasteiger partial charge in [-0.3, -0.25) is 0 Å². The van der Waals surface area contributed by atoms with E-state index in [0.717, 1.165) is 35.8 Å². The second kappa shape index (κ2) is 7.86. The highest BCUT2D eigenvalue weighted by atomic mass is 35.5. The minimum absolute atomic E-state index is 0.0924. The summed E-state index contributed by atoms with van der Waals surface area (Å²) in [6, 6.07) is 2.76. The van der Waals surface area contributed by atoms with E-state index in [4.69, 9.17) is 43.8 Å². The number of nitrogens with zero attached hydrogens (tertiary/aromatic N) is 1. The number of hydrogen-bond acceptors (Lipinski definition) is 5. The molecule has 4 rings (SSSR count). The zero-order valence-corrected chi connectivity index (χ0v) is 17.2. The molecule has 1 aliphatic carbocycles. The summed E-state index contributed by atoms with van der Waals surface area (Å²) in [4.78, 5) is 4.26. The van der Waals surface area contributed by atoms with Gasteiger partial charge in [0.2, 0.25) is 5.75 Å². The molecule has 152 valence electrons. The fourth-order valence-electron chi connectivity index (χ4n) is 3.65. The van der Waals surface area contributed by atoms with Crippen molar-refractivity contribution in [1.29, 1.82) is 0 Å². The third kappa shape index (κ3) is 3.68. The zero-order valence-electron chi connectivity index (χ0n) is 15.7. The van der Waals surface area contributed by atoms with Crippen LogP contribution in [0.15, 0.2) is 35.1 Å². The molecule has 2 aromatic heterocycles. The number of nitrogens with two attached hydrogens (primary N) is 2. The summed E-state index contributed by atoms with van der Waals surface area (Å²) in [5.41, 5.74) is 15.0. The molecule has 0 saturated carbocycles. The standard InChI is InChI=1S/C21H20Cl2FN3O2/c1-10(17-15(22)5-6-16(24)18(17)23)29-20-19-13(8-27-21(20)26)14(9-28-19)11-3-2-4-12(25)7-11/h3,5-6,8-10,12H,2,4,7,25H2,1H3,(H2,26,27). The monoisotopic (exact) mass is 435 g/mol. The molecule has 3 aromatic rings. The summed E-state index contributed by atoms with van der Waals surface area (Å²) in [6.45, 7) is 1.71. The lowest BCUT2D eigenvalue weighted by molar-refractivity contribution is 0.227. The molecule has 29 heavy (non-hydrogen) atoms. The van der Waals surface area contributed by atoms with Gasteiger partial charge in [-0.05, 0) is 43.9 Å². The number of furan rings is 1. The number of fused-ring (bicyclic) bond motifs is 1. The molecule has 8 heteroatoms. The molecular weight excluding hydrogens is 416 g/mol. The highest BCUT2D eigenvalue weighted by Crippen LogP contribution is 2.41. The van der Waals surface area contributed by atoms with Crippen molar-refractivity contribution in [3.8, 4) is 5.75 Å². The number of benzene rings is 1. The number of nitrogen functional groups attached to an aromatic ring is 1. The van der Waals surface area contributed by atoms with Gasteiger partial charge < -0.3 is 20.6 Å². The van der Waals surface area contributed by atoms with Crippen LogP contribution in [-0.2, 0) is 0 Å². The van der Waals surface area contributed by atoms with Crippen LogP contribution in [0.4, 0.5) is 10.2 Å². The van der Waals surface area contributed by atoms with E-state index in [0.29, 0.717) is 16.2 Å². The normalized spacial score (nSPS) is 18.0. The number of hydrogen-bond donors (Lipinski definition) is 2. The van der Waals surface area contributed by atoms with E-state index in [1.807, 2.05) is 0 Å². The van der Waals surface area contributed by atoms with Crippen LogP contribution in [0, 0.1) is 5.82 Å². The van der Waals surface area contributed by atoms with Gasteiger partial charge >= 0.3 is 0 Å². The quantitative estimate of drug-likeness (QED) is 0.498. The zero-order chi connectivity index (χ0) is 20.7. The second-order valence-electron chi connectivity index (χ2n) is 7.15. The molecule has 4 N–H and O–H groups in total. The average molecular weight is 436 g/mol. The van der Waals surface area contributed by atoms with Crippen molar-refractivity contribution < 1.29 is 13.5 Å². The minimum atomic E-state index is -0.684. The van der Waals surface area contributed by atoms with Crippen LogP contribution < -0.4 is 16.2 Å². The molecule has 0 radical (unpaired) electrons. The number of allylic oxidation sites excluding steroid dienone is 1. The largest absolute Gasteiger partial charge is 0.478 e. The fourth-order valence-corrected chi connectivity index (χ4v) is 4.33. The van der Waals surface area contributed by atoms with E-state index < -0.39 is 11.9 Å². The highest BCUT2D eigenvalue weighted by molar-refractivity contribution is 6.36. The minimum Gasteiger partial charge on any atom is -0.478 e. The van der Waals surface area contributed by atoms with E-state index in [2.05, 4.69) is 11.1 Å². The Bertz CT molecular complexity index is 1110. The Labute approximate surface area is 177 Å². The Morgan fingerprint density at radius 3 is 2.90 bits per heavy atom. The van der Waals surface area contributed by atoms with Gasteiger partial charge in [-0.25, -0.2) is 9.37 Å². The van der Waals surface area contributed by atoms with Crippen LogP contribution in [0.3, 0.4) is 0 Å². The third-order valence-electron chi connectivity index (χ3n) is 5.14. The first-order valence-electron chi connectivity index (χ1n) is 9.27. The molecule has 1 aliphatic rings. The summed E-state index contributed by atoms with van der Waals surface area (Å²) in [6.07, 6.45) is 7.45. The van der Waals surface area contributed by atoms with Crippen LogP contribution in [0.5, 0.6) is 5.75 Å². The molecule has 0 bridgehead atoms. The van der Waals surface area contributed by atoms with Crippen LogP contribution in [-0.4, -0.2) is 11.0 Å². The first-order valence-corrected chi connectivity index (χ1v) is 10.0. The van der Waals surface area contributed by atoms with E-state index in [-0.39, 0.29) is 22.6 Å². The number of pyridine rings is 1. The highest BCUT2D eigenvalue weighted by Gasteiger charge is 2.24. The maximum atomic E-state index is 13.9. The number of rotatable bonds is 4. The molecule has 1 aromatic carbocycles. The van der Waals surface area contributed by atoms with Crippen molar-refractivity contribution in [3.63, 3.8) is 0 Å². The number of ether oxygens (including phenoxy) is 1. The maximum Gasteiger partial charge on any atom is 0.205 e. The van der Waals surface area contributed by atoms with Gasteiger partial charge in [-0.1, -0.05) is 29.3 Å². The summed E-state index contributed by atoms with van der Waals surface area (Å²) >= 11 is 12.3. The van der Waals surface area contributed by atoms with Crippen LogP contribution in [0.2, 0.25) is 10.0 Å². The Kier molecular flexibility index (Phi) is 5.42. The number of anilines is 1. The maximum absolute atomic E-state index is 13.9. The van der Waals surface area contributed by atoms with Gasteiger partial charge in [0.15, 0.2) is 11.4 Å². The first kappa shape index (κ1) is 20.0. The molecule has 0 fully saturated rings.